The highest BCUT2D eigenvalue weighted by Gasteiger charge is 2.45. The molecule has 10 nitrogen and oxygen atoms in total. The van der Waals surface area contributed by atoms with Gasteiger partial charge in [0.25, 0.3) is 0 Å². The molecular formula is C22H24O10. The van der Waals surface area contributed by atoms with Gasteiger partial charge < -0.3 is 44.8 Å². The standard InChI is InChI=1S/C22H24O10/c1-30-12-8-15(26)18(14(25)7-6-11-4-2-3-5-13(11)24)16(9-12)31-22-21(29)20(28)19(27)17(10-23)32-22/h2-9,17,19-24,26-29H,10H2,1H3. The largest absolute Gasteiger partial charge is 0.507 e. The maximum Gasteiger partial charge on any atom is 0.229 e. The van der Waals surface area contributed by atoms with Crippen LogP contribution in [0.3, 0.4) is 0 Å². The Morgan fingerprint density at radius 3 is 2.44 bits per heavy atom. The van der Waals surface area contributed by atoms with E-state index in [9.17, 15) is 35.4 Å². The second kappa shape index (κ2) is 9.98. The molecule has 1 fully saturated rings. The number of ketones is 1. The van der Waals surface area contributed by atoms with Crippen molar-refractivity contribution < 1.29 is 49.6 Å². The van der Waals surface area contributed by atoms with Crippen molar-refractivity contribution in [3.8, 4) is 23.0 Å². The van der Waals surface area contributed by atoms with E-state index < -0.39 is 48.8 Å². The second-order valence-electron chi connectivity index (χ2n) is 7.09. The third-order valence-electron chi connectivity index (χ3n) is 4.98. The number of methoxy groups -OCH3 is 1. The van der Waals surface area contributed by atoms with Gasteiger partial charge in [0, 0.05) is 17.7 Å². The van der Waals surface area contributed by atoms with E-state index in [4.69, 9.17) is 14.2 Å². The van der Waals surface area contributed by atoms with Crippen LogP contribution in [-0.4, -0.2) is 80.8 Å². The Bertz CT molecular complexity index is 987. The summed E-state index contributed by atoms with van der Waals surface area (Å²) < 4.78 is 16.0. The van der Waals surface area contributed by atoms with Crippen LogP contribution in [0.25, 0.3) is 6.08 Å². The molecule has 1 aliphatic rings. The van der Waals surface area contributed by atoms with Gasteiger partial charge in [-0.25, -0.2) is 0 Å². The van der Waals surface area contributed by atoms with Gasteiger partial charge in [0.15, 0.2) is 5.78 Å². The van der Waals surface area contributed by atoms with E-state index in [1.165, 1.54) is 31.4 Å². The predicted octanol–water partition coefficient (Wildman–Crippen LogP) is 0.181. The van der Waals surface area contributed by atoms with E-state index >= 15 is 0 Å². The summed E-state index contributed by atoms with van der Waals surface area (Å²) in [6.07, 6.45) is -5.35. The highest BCUT2D eigenvalue weighted by molar-refractivity contribution is 6.10. The monoisotopic (exact) mass is 448 g/mol. The minimum Gasteiger partial charge on any atom is -0.507 e. The van der Waals surface area contributed by atoms with Gasteiger partial charge in [-0.15, -0.1) is 0 Å². The molecule has 0 aromatic heterocycles. The lowest BCUT2D eigenvalue weighted by atomic mass is 9.99. The van der Waals surface area contributed by atoms with Crippen LogP contribution in [0.5, 0.6) is 23.0 Å². The molecule has 6 N–H and O–H groups in total. The molecule has 0 saturated carbocycles. The average Bonchev–Trinajstić information content (AvgIpc) is 2.78. The number of hydrogen-bond acceptors (Lipinski definition) is 10. The van der Waals surface area contributed by atoms with E-state index in [-0.39, 0.29) is 22.8 Å². The molecule has 32 heavy (non-hydrogen) atoms. The highest BCUT2D eigenvalue weighted by Crippen LogP contribution is 2.36. The van der Waals surface area contributed by atoms with Crippen LogP contribution >= 0.6 is 0 Å². The fourth-order valence-electron chi connectivity index (χ4n) is 3.20. The Hall–Kier alpha value is -3.15. The van der Waals surface area contributed by atoms with Crippen LogP contribution in [0.15, 0.2) is 42.5 Å². The molecule has 1 aliphatic heterocycles. The number of aliphatic hydroxyl groups excluding tert-OH is 4. The van der Waals surface area contributed by atoms with Gasteiger partial charge >= 0.3 is 0 Å². The zero-order valence-electron chi connectivity index (χ0n) is 17.0. The van der Waals surface area contributed by atoms with E-state index in [1.807, 2.05) is 0 Å². The summed E-state index contributed by atoms with van der Waals surface area (Å²) >= 11 is 0. The SMILES string of the molecule is COc1cc(O)c(C(=O)C=Cc2ccccc2O)c(OC2OC(CO)C(O)C(O)C2O)c1. The van der Waals surface area contributed by atoms with E-state index in [0.29, 0.717) is 5.56 Å². The topological polar surface area (TPSA) is 166 Å². The van der Waals surface area contributed by atoms with Gasteiger partial charge in [-0.1, -0.05) is 18.2 Å². The van der Waals surface area contributed by atoms with E-state index in [2.05, 4.69) is 0 Å². The Labute approximate surface area is 183 Å². The van der Waals surface area contributed by atoms with Crippen molar-refractivity contribution in [3.05, 3.63) is 53.6 Å². The van der Waals surface area contributed by atoms with Crippen molar-refractivity contribution >= 4 is 11.9 Å². The quantitative estimate of drug-likeness (QED) is 0.254. The molecule has 10 heteroatoms. The van der Waals surface area contributed by atoms with Crippen LogP contribution in [0, 0.1) is 0 Å². The molecule has 0 bridgehead atoms. The molecule has 0 radical (unpaired) electrons. The second-order valence-corrected chi connectivity index (χ2v) is 7.09. The summed E-state index contributed by atoms with van der Waals surface area (Å²) in [5.74, 6) is -1.35. The molecule has 2 aromatic carbocycles. The maximum atomic E-state index is 12.8. The summed E-state index contributed by atoms with van der Waals surface area (Å²) in [5.41, 5.74) is 0.0692. The number of aromatic hydroxyl groups is 2. The molecule has 0 amide bonds. The molecule has 3 rings (SSSR count). The predicted molar refractivity (Wildman–Crippen MR) is 111 cm³/mol. The van der Waals surface area contributed by atoms with Crippen molar-refractivity contribution in [1.82, 2.24) is 0 Å². The molecule has 5 unspecified atom stereocenters. The lowest BCUT2D eigenvalue weighted by Crippen LogP contribution is -2.60. The smallest absolute Gasteiger partial charge is 0.229 e. The zero-order valence-corrected chi connectivity index (χ0v) is 17.0. The van der Waals surface area contributed by atoms with Gasteiger partial charge in [-0.3, -0.25) is 4.79 Å². The lowest BCUT2D eigenvalue weighted by molar-refractivity contribution is -0.277. The van der Waals surface area contributed by atoms with Crippen molar-refractivity contribution in [2.75, 3.05) is 13.7 Å². The molecule has 0 spiro atoms. The molecular weight excluding hydrogens is 424 g/mol. The minimum absolute atomic E-state index is 0.0479. The average molecular weight is 448 g/mol. The first-order valence-corrected chi connectivity index (χ1v) is 9.65. The molecule has 1 saturated heterocycles. The number of rotatable bonds is 7. The number of aliphatic hydroxyl groups is 4. The molecule has 172 valence electrons. The summed E-state index contributed by atoms with van der Waals surface area (Å²) in [4.78, 5) is 12.8. The van der Waals surface area contributed by atoms with Crippen LogP contribution in [0.1, 0.15) is 15.9 Å². The molecule has 0 aliphatic carbocycles. The fraction of sp³-hybridized carbons (Fsp3) is 0.318. The summed E-state index contributed by atoms with van der Waals surface area (Å²) in [7, 11) is 1.33. The Balaban J connectivity index is 1.94. The van der Waals surface area contributed by atoms with Crippen LogP contribution < -0.4 is 9.47 Å². The first kappa shape index (κ1) is 23.5. The number of benzene rings is 2. The number of phenolic OH excluding ortho intramolecular Hbond substituents is 2. The number of hydrogen-bond donors (Lipinski definition) is 6. The number of allylic oxidation sites excluding steroid dienone is 1. The Morgan fingerprint density at radius 1 is 1.06 bits per heavy atom. The minimum atomic E-state index is -1.72. The highest BCUT2D eigenvalue weighted by atomic mass is 16.7. The zero-order chi connectivity index (χ0) is 23.4. The van der Waals surface area contributed by atoms with Crippen LogP contribution in [0.2, 0.25) is 0 Å². The maximum absolute atomic E-state index is 12.8. The Morgan fingerprint density at radius 2 is 1.78 bits per heavy atom. The first-order valence-electron chi connectivity index (χ1n) is 9.65. The first-order chi connectivity index (χ1) is 15.3. The third kappa shape index (κ3) is 4.85. The number of ether oxygens (including phenoxy) is 3. The van der Waals surface area contributed by atoms with Gasteiger partial charge in [0.2, 0.25) is 6.29 Å². The van der Waals surface area contributed by atoms with Gasteiger partial charge in [-0.2, -0.15) is 0 Å². The van der Waals surface area contributed by atoms with Crippen LogP contribution in [-0.2, 0) is 4.74 Å². The Kier molecular flexibility index (Phi) is 7.33. The molecule has 2 aromatic rings. The van der Waals surface area contributed by atoms with Crippen LogP contribution in [0.4, 0.5) is 0 Å². The van der Waals surface area contributed by atoms with Crippen molar-refractivity contribution in [2.24, 2.45) is 0 Å². The van der Waals surface area contributed by atoms with Crippen molar-refractivity contribution in [1.29, 1.82) is 0 Å². The third-order valence-corrected chi connectivity index (χ3v) is 4.98. The summed E-state index contributed by atoms with van der Waals surface area (Å²) in [6, 6.07) is 8.77. The van der Waals surface area contributed by atoms with Gasteiger partial charge in [0.05, 0.1) is 13.7 Å². The molecule has 1 heterocycles. The van der Waals surface area contributed by atoms with E-state index in [0.717, 1.165) is 6.08 Å². The van der Waals surface area contributed by atoms with E-state index in [1.54, 1.807) is 18.2 Å². The lowest BCUT2D eigenvalue weighted by Gasteiger charge is -2.39. The number of carbonyl (C=O) groups is 1. The number of carbonyl (C=O) groups excluding carboxylic acids is 1. The normalized spacial score (nSPS) is 25.6. The molecule has 5 atom stereocenters. The van der Waals surface area contributed by atoms with Gasteiger partial charge in [0.1, 0.15) is 53.0 Å². The summed E-state index contributed by atoms with van der Waals surface area (Å²) in [5, 5.41) is 59.7. The van der Waals surface area contributed by atoms with Crippen molar-refractivity contribution in [3.63, 3.8) is 0 Å². The number of para-hydroxylation sites is 1. The number of phenols is 2. The van der Waals surface area contributed by atoms with Crippen molar-refractivity contribution in [2.45, 2.75) is 30.7 Å². The van der Waals surface area contributed by atoms with Gasteiger partial charge in [-0.05, 0) is 18.2 Å². The summed E-state index contributed by atoms with van der Waals surface area (Å²) in [6.45, 7) is -0.663. The fourth-order valence-corrected chi connectivity index (χ4v) is 3.20.